The number of hydrogen-bond donors (Lipinski definition) is 1. The maximum Gasteiger partial charge on any atom is 0.516 e. The second-order valence-corrected chi connectivity index (χ2v) is 11.4. The average molecular weight is 392 g/mol. The van der Waals surface area contributed by atoms with E-state index in [4.69, 9.17) is 0 Å². The van der Waals surface area contributed by atoms with E-state index in [1.165, 1.54) is 24.6 Å². The van der Waals surface area contributed by atoms with Crippen molar-refractivity contribution in [3.8, 4) is 0 Å². The third-order valence-electron chi connectivity index (χ3n) is 3.47. The summed E-state index contributed by atoms with van der Waals surface area (Å²) in [5, 5.41) is 0. The summed E-state index contributed by atoms with van der Waals surface area (Å²) in [4.78, 5) is 9.81. The fourth-order valence-corrected chi connectivity index (χ4v) is 4.74. The molecule has 0 fully saturated rings. The Bertz CT molecular complexity index is 454. The number of halogens is 6. The highest BCUT2D eigenvalue weighted by Gasteiger charge is 2.51. The molecule has 0 bridgehead atoms. The standard InChI is InChI=1S/C8H20P.C3HF6NO3S/c1-5-9(6-2,7-3)8-4;4-2(5,6)1(11)10-14(12,13)3(7,8)9/h5-8H2,1-4H3;(H,10,11)/q+1;. The normalized spacial score (nSPS) is 13.1. The molecule has 0 aromatic heterocycles. The van der Waals surface area contributed by atoms with Crippen LogP contribution in [0.15, 0.2) is 0 Å². The minimum Gasteiger partial charge on any atom is -0.263 e. The molecule has 0 rings (SSSR count). The van der Waals surface area contributed by atoms with Crippen molar-refractivity contribution in [1.29, 1.82) is 0 Å². The summed E-state index contributed by atoms with van der Waals surface area (Å²) in [7, 11) is -6.72. The van der Waals surface area contributed by atoms with Gasteiger partial charge >= 0.3 is 27.6 Å². The molecule has 0 aliphatic heterocycles. The zero-order valence-electron chi connectivity index (χ0n) is 13.2. The zero-order valence-corrected chi connectivity index (χ0v) is 14.9. The highest BCUT2D eigenvalue weighted by Crippen LogP contribution is 2.57. The minimum atomic E-state index is -6.30. The van der Waals surface area contributed by atoms with Crippen molar-refractivity contribution in [2.45, 2.75) is 39.4 Å². The fraction of sp³-hybridized carbons (Fsp3) is 0.909. The van der Waals surface area contributed by atoms with Crippen LogP contribution in [-0.2, 0) is 14.8 Å². The molecule has 0 aromatic rings. The molecule has 0 saturated carbocycles. The molecule has 0 atom stereocenters. The molecule has 12 heteroatoms. The van der Waals surface area contributed by atoms with Gasteiger partial charge in [-0.15, -0.1) is 0 Å². The van der Waals surface area contributed by atoms with E-state index in [2.05, 4.69) is 27.7 Å². The van der Waals surface area contributed by atoms with Crippen LogP contribution in [0.3, 0.4) is 0 Å². The number of nitrogens with one attached hydrogen (secondary N) is 1. The van der Waals surface area contributed by atoms with Crippen molar-refractivity contribution in [2.24, 2.45) is 0 Å². The van der Waals surface area contributed by atoms with Crippen molar-refractivity contribution in [2.75, 3.05) is 24.6 Å². The maximum atomic E-state index is 11.4. The first-order valence-corrected chi connectivity index (χ1v) is 10.7. The molecular weight excluding hydrogens is 371 g/mol. The van der Waals surface area contributed by atoms with E-state index in [0.717, 1.165) is 0 Å². The molecular formula is C11H21F6NO3PS+. The molecule has 0 heterocycles. The van der Waals surface area contributed by atoms with Gasteiger partial charge in [0.25, 0.3) is 0 Å². The van der Waals surface area contributed by atoms with Gasteiger partial charge in [-0.05, 0) is 27.7 Å². The second kappa shape index (κ2) is 9.05. The van der Waals surface area contributed by atoms with Gasteiger partial charge in [-0.2, -0.15) is 34.8 Å². The number of hydrogen-bond acceptors (Lipinski definition) is 3. The van der Waals surface area contributed by atoms with Gasteiger partial charge in [0.05, 0.1) is 24.6 Å². The van der Waals surface area contributed by atoms with Crippen LogP contribution in [0.4, 0.5) is 26.3 Å². The number of sulfonamides is 1. The van der Waals surface area contributed by atoms with Crippen molar-refractivity contribution in [3.05, 3.63) is 0 Å². The van der Waals surface area contributed by atoms with E-state index in [0.29, 0.717) is 0 Å². The molecule has 23 heavy (non-hydrogen) atoms. The Morgan fingerprint density at radius 1 is 0.870 bits per heavy atom. The molecule has 0 aliphatic rings. The fourth-order valence-electron chi connectivity index (χ4n) is 1.58. The lowest BCUT2D eigenvalue weighted by Gasteiger charge is -2.20. The van der Waals surface area contributed by atoms with Gasteiger partial charge in [-0.1, -0.05) is 0 Å². The van der Waals surface area contributed by atoms with Crippen molar-refractivity contribution in [3.63, 3.8) is 0 Å². The second-order valence-electron chi connectivity index (χ2n) is 4.48. The molecule has 1 amide bonds. The van der Waals surface area contributed by atoms with Crippen molar-refractivity contribution < 1.29 is 39.6 Å². The van der Waals surface area contributed by atoms with Crippen LogP contribution in [0.2, 0.25) is 0 Å². The SMILES string of the molecule is CC[P+](CC)(CC)CC.O=C(NS(=O)(=O)C(F)(F)F)C(F)(F)F. The van der Waals surface area contributed by atoms with Gasteiger partial charge in [-0.25, -0.2) is 4.72 Å². The monoisotopic (exact) mass is 392 g/mol. The number of alkyl halides is 6. The Labute approximate surface area is 132 Å². The summed E-state index contributed by atoms with van der Waals surface area (Å²) in [6, 6.07) is 0. The quantitative estimate of drug-likeness (QED) is 0.575. The number of carbonyl (C=O) groups excluding carboxylic acids is 1. The maximum absolute atomic E-state index is 11.4. The largest absolute Gasteiger partial charge is 0.516 e. The van der Waals surface area contributed by atoms with E-state index in [1.54, 1.807) is 0 Å². The molecule has 0 spiro atoms. The third kappa shape index (κ3) is 8.19. The van der Waals surface area contributed by atoms with Gasteiger partial charge in [0, 0.05) is 7.26 Å². The average Bonchev–Trinajstić information content (AvgIpc) is 2.40. The first-order chi connectivity index (χ1) is 10.1. The van der Waals surface area contributed by atoms with Crippen LogP contribution in [0, 0.1) is 0 Å². The lowest BCUT2D eigenvalue weighted by atomic mass is 10.6. The molecule has 0 aliphatic carbocycles. The number of amides is 1. The van der Waals surface area contributed by atoms with Crippen molar-refractivity contribution in [1.82, 2.24) is 4.72 Å². The molecule has 0 unspecified atom stereocenters. The Morgan fingerprint density at radius 3 is 1.30 bits per heavy atom. The van der Waals surface area contributed by atoms with Crippen LogP contribution in [0.25, 0.3) is 0 Å². The van der Waals surface area contributed by atoms with Crippen molar-refractivity contribution >= 4 is 23.2 Å². The smallest absolute Gasteiger partial charge is 0.263 e. The van der Waals surface area contributed by atoms with Gasteiger partial charge in [0.2, 0.25) is 0 Å². The number of carbonyl (C=O) groups is 1. The Balaban J connectivity index is 0. The summed E-state index contributed by atoms with van der Waals surface area (Å²) in [6.45, 7) is 9.41. The topological polar surface area (TPSA) is 63.2 Å². The Morgan fingerprint density at radius 2 is 1.17 bits per heavy atom. The van der Waals surface area contributed by atoms with Crippen LogP contribution in [0.5, 0.6) is 0 Å². The molecule has 140 valence electrons. The van der Waals surface area contributed by atoms with E-state index in [9.17, 15) is 39.6 Å². The molecule has 0 radical (unpaired) electrons. The third-order valence-corrected chi connectivity index (χ3v) is 9.90. The first kappa shape index (κ1) is 24.7. The van der Waals surface area contributed by atoms with E-state index < -0.39 is 34.9 Å². The summed E-state index contributed by atoms with van der Waals surface area (Å²) in [5.74, 6) is -3.20. The van der Waals surface area contributed by atoms with E-state index >= 15 is 0 Å². The molecule has 1 N–H and O–H groups in total. The van der Waals surface area contributed by atoms with Gasteiger partial charge in [0.15, 0.2) is 0 Å². The Kier molecular flexibility index (Phi) is 9.72. The van der Waals surface area contributed by atoms with Crippen LogP contribution in [0.1, 0.15) is 27.7 Å². The van der Waals surface area contributed by atoms with Crippen LogP contribution >= 0.6 is 7.26 Å². The summed E-state index contributed by atoms with van der Waals surface area (Å²) >= 11 is 0. The lowest BCUT2D eigenvalue weighted by molar-refractivity contribution is -0.171. The minimum absolute atomic E-state index is 0.181. The molecule has 0 saturated heterocycles. The first-order valence-electron chi connectivity index (χ1n) is 6.67. The van der Waals surface area contributed by atoms with Gasteiger partial charge in [-0.3, -0.25) is 4.79 Å². The summed E-state index contributed by atoms with van der Waals surface area (Å²) in [6.07, 6.45) is 0.123. The van der Waals surface area contributed by atoms with E-state index in [1.807, 2.05) is 0 Å². The predicted molar refractivity (Wildman–Crippen MR) is 78.3 cm³/mol. The lowest BCUT2D eigenvalue weighted by Crippen LogP contribution is -2.46. The summed E-state index contributed by atoms with van der Waals surface area (Å²) in [5.41, 5.74) is -5.96. The molecule has 0 aromatic carbocycles. The zero-order chi connectivity index (χ0) is 19.1. The highest BCUT2D eigenvalue weighted by atomic mass is 32.2. The summed E-state index contributed by atoms with van der Waals surface area (Å²) < 4.78 is 87.9. The van der Waals surface area contributed by atoms with Crippen LogP contribution < -0.4 is 4.72 Å². The van der Waals surface area contributed by atoms with E-state index in [-0.39, 0.29) is 4.72 Å². The Hall–Kier alpha value is -0.570. The highest BCUT2D eigenvalue weighted by molar-refractivity contribution is 7.90. The van der Waals surface area contributed by atoms with Crippen LogP contribution in [-0.4, -0.2) is 50.7 Å². The number of rotatable bonds is 5. The van der Waals surface area contributed by atoms with Gasteiger partial charge in [0.1, 0.15) is 0 Å². The predicted octanol–water partition coefficient (Wildman–Crippen LogP) is 3.60. The molecule has 4 nitrogen and oxygen atoms in total. The van der Waals surface area contributed by atoms with Gasteiger partial charge < -0.3 is 0 Å².